The highest BCUT2D eigenvalue weighted by atomic mass is 32.1. The number of anilines is 1. The molecule has 11 heteroatoms. The van der Waals surface area contributed by atoms with Gasteiger partial charge in [0, 0.05) is 38.4 Å². The maximum absolute atomic E-state index is 12.5. The van der Waals surface area contributed by atoms with Crippen molar-refractivity contribution in [3.63, 3.8) is 0 Å². The molecule has 1 fully saturated rings. The highest BCUT2D eigenvalue weighted by molar-refractivity contribution is 7.13. The zero-order valence-corrected chi connectivity index (χ0v) is 15.3. The van der Waals surface area contributed by atoms with E-state index in [1.54, 1.807) is 9.47 Å². The van der Waals surface area contributed by atoms with Gasteiger partial charge in [0.05, 0.1) is 0 Å². The molecule has 1 saturated heterocycles. The first-order chi connectivity index (χ1) is 12.6. The van der Waals surface area contributed by atoms with Crippen molar-refractivity contribution in [2.75, 3.05) is 18.4 Å². The minimum atomic E-state index is -0.254. The number of aromatic amines is 1. The third-order valence-corrected chi connectivity index (χ3v) is 5.02. The molecule has 0 spiro atoms. The average Bonchev–Trinajstić information content (AvgIpc) is 3.29. The molecule has 0 saturated carbocycles. The molecule has 0 radical (unpaired) electrons. The second-order valence-corrected chi connectivity index (χ2v) is 6.94. The minimum absolute atomic E-state index is 0.0295. The Labute approximate surface area is 153 Å². The van der Waals surface area contributed by atoms with E-state index in [1.165, 1.54) is 16.8 Å². The number of aromatic nitrogens is 5. The summed E-state index contributed by atoms with van der Waals surface area (Å²) in [5, 5.41) is 17.0. The Morgan fingerprint density at radius 2 is 2.27 bits per heavy atom. The van der Waals surface area contributed by atoms with Gasteiger partial charge in [0.2, 0.25) is 16.9 Å². The van der Waals surface area contributed by atoms with E-state index in [9.17, 15) is 14.4 Å². The van der Waals surface area contributed by atoms with Crippen molar-refractivity contribution < 1.29 is 9.59 Å². The Kier molecular flexibility index (Phi) is 5.76. The number of nitrogens with zero attached hydrogens (tertiary/aromatic N) is 5. The van der Waals surface area contributed by atoms with Gasteiger partial charge in [-0.1, -0.05) is 11.3 Å². The maximum atomic E-state index is 12.5. The van der Waals surface area contributed by atoms with Crippen LogP contribution in [0.2, 0.25) is 0 Å². The van der Waals surface area contributed by atoms with Crippen LogP contribution in [-0.2, 0) is 16.1 Å². The van der Waals surface area contributed by atoms with Crippen LogP contribution in [0.15, 0.2) is 10.3 Å². The second kappa shape index (κ2) is 8.21. The summed E-state index contributed by atoms with van der Waals surface area (Å²) < 4.78 is 1.61. The lowest BCUT2D eigenvalue weighted by atomic mass is 9.96. The fourth-order valence-electron chi connectivity index (χ4n) is 3.15. The van der Waals surface area contributed by atoms with E-state index in [2.05, 4.69) is 25.7 Å². The van der Waals surface area contributed by atoms with Gasteiger partial charge in [-0.05, 0) is 19.8 Å². The lowest BCUT2D eigenvalue weighted by Gasteiger charge is -2.32. The first-order valence-electron chi connectivity index (χ1n) is 8.57. The van der Waals surface area contributed by atoms with Crippen LogP contribution in [0.5, 0.6) is 0 Å². The number of hydrogen-bond donors (Lipinski definition) is 2. The first-order valence-corrected chi connectivity index (χ1v) is 9.45. The lowest BCUT2D eigenvalue weighted by molar-refractivity contribution is -0.134. The molecule has 2 aromatic rings. The highest BCUT2D eigenvalue weighted by Gasteiger charge is 2.28. The van der Waals surface area contributed by atoms with Crippen molar-refractivity contribution in [3.8, 4) is 0 Å². The molecule has 140 valence electrons. The van der Waals surface area contributed by atoms with Gasteiger partial charge in [-0.15, -0.1) is 10.2 Å². The molecular formula is C15H21N7O3S. The number of piperidine rings is 1. The van der Waals surface area contributed by atoms with E-state index in [1.807, 2.05) is 6.92 Å². The van der Waals surface area contributed by atoms with Crippen LogP contribution < -0.4 is 11.0 Å². The summed E-state index contributed by atoms with van der Waals surface area (Å²) in [4.78, 5) is 37.8. The predicted molar refractivity (Wildman–Crippen MR) is 94.8 cm³/mol. The minimum Gasteiger partial charge on any atom is -0.342 e. The first kappa shape index (κ1) is 18.2. The number of carbonyl (C=O) groups excluding carboxylic acids is 2. The molecule has 10 nitrogen and oxygen atoms in total. The van der Waals surface area contributed by atoms with Crippen LogP contribution in [0, 0.1) is 0 Å². The van der Waals surface area contributed by atoms with Crippen molar-refractivity contribution in [1.82, 2.24) is 29.9 Å². The van der Waals surface area contributed by atoms with Crippen molar-refractivity contribution >= 4 is 28.3 Å². The van der Waals surface area contributed by atoms with Crippen LogP contribution in [0.25, 0.3) is 0 Å². The molecule has 0 aromatic carbocycles. The number of H-pyrrole nitrogens is 1. The second-order valence-electron chi connectivity index (χ2n) is 6.10. The van der Waals surface area contributed by atoms with Crippen molar-refractivity contribution in [2.24, 2.45) is 0 Å². The largest absolute Gasteiger partial charge is 0.343 e. The molecule has 1 aliphatic rings. The molecule has 26 heavy (non-hydrogen) atoms. The highest BCUT2D eigenvalue weighted by Crippen LogP contribution is 2.25. The summed E-state index contributed by atoms with van der Waals surface area (Å²) in [5.74, 6) is 0.407. The van der Waals surface area contributed by atoms with Gasteiger partial charge in [0.15, 0.2) is 0 Å². The number of carbonyl (C=O) groups is 2. The monoisotopic (exact) mass is 379 g/mol. The van der Waals surface area contributed by atoms with Crippen LogP contribution in [0.3, 0.4) is 0 Å². The predicted octanol–water partition coefficient (Wildman–Crippen LogP) is 0.568. The molecular weight excluding hydrogens is 358 g/mol. The standard InChI is InChI=1S/C15H21N7O3S/c1-2-22-13(18-20-15(22)25)10-4-3-7-21(8-10)12(24)6-5-11(23)17-14-19-16-9-26-14/h9-10H,2-8H2,1H3,(H,20,25)(H,17,19,23)/t10-/m1/s1. The van der Waals surface area contributed by atoms with Gasteiger partial charge in [0.1, 0.15) is 11.3 Å². The van der Waals surface area contributed by atoms with Gasteiger partial charge in [-0.25, -0.2) is 9.89 Å². The molecule has 0 unspecified atom stereocenters. The van der Waals surface area contributed by atoms with Gasteiger partial charge in [0.25, 0.3) is 0 Å². The third-order valence-electron chi connectivity index (χ3n) is 4.42. The van der Waals surface area contributed by atoms with E-state index >= 15 is 0 Å². The molecule has 3 heterocycles. The Hall–Kier alpha value is -2.56. The number of amides is 2. The third kappa shape index (κ3) is 4.15. The number of nitrogens with one attached hydrogen (secondary N) is 2. The van der Waals surface area contributed by atoms with Gasteiger partial charge < -0.3 is 10.2 Å². The Morgan fingerprint density at radius 1 is 1.42 bits per heavy atom. The van der Waals surface area contributed by atoms with E-state index in [0.29, 0.717) is 30.6 Å². The van der Waals surface area contributed by atoms with Crippen LogP contribution >= 0.6 is 11.3 Å². The maximum Gasteiger partial charge on any atom is 0.343 e. The molecule has 0 bridgehead atoms. The fourth-order valence-corrected chi connectivity index (χ4v) is 3.61. The lowest BCUT2D eigenvalue weighted by Crippen LogP contribution is -2.40. The zero-order chi connectivity index (χ0) is 18.5. The van der Waals surface area contributed by atoms with Crippen LogP contribution in [0.4, 0.5) is 5.13 Å². The molecule has 0 aliphatic carbocycles. The van der Waals surface area contributed by atoms with Crippen LogP contribution in [-0.4, -0.2) is 54.8 Å². The van der Waals surface area contributed by atoms with Gasteiger partial charge in [-0.3, -0.25) is 14.2 Å². The Bertz CT molecular complexity index is 814. The van der Waals surface area contributed by atoms with E-state index in [-0.39, 0.29) is 36.3 Å². The summed E-state index contributed by atoms with van der Waals surface area (Å²) in [6, 6.07) is 0. The molecule has 2 aromatic heterocycles. The average molecular weight is 379 g/mol. The van der Waals surface area contributed by atoms with E-state index in [4.69, 9.17) is 0 Å². The molecule has 1 atom stereocenters. The van der Waals surface area contributed by atoms with Gasteiger partial charge in [-0.2, -0.15) is 5.10 Å². The fraction of sp³-hybridized carbons (Fsp3) is 0.600. The summed E-state index contributed by atoms with van der Waals surface area (Å²) in [6.07, 6.45) is 1.96. The van der Waals surface area contributed by atoms with Crippen molar-refractivity contribution in [1.29, 1.82) is 0 Å². The van der Waals surface area contributed by atoms with E-state index < -0.39 is 0 Å². The Morgan fingerprint density at radius 3 is 3.00 bits per heavy atom. The molecule has 2 N–H and O–H groups in total. The normalized spacial score (nSPS) is 17.3. The number of likely N-dealkylation sites (tertiary alicyclic amines) is 1. The zero-order valence-electron chi connectivity index (χ0n) is 14.5. The van der Waals surface area contributed by atoms with Crippen molar-refractivity contribution in [2.45, 2.75) is 45.1 Å². The summed E-state index contributed by atoms with van der Waals surface area (Å²) in [5.41, 5.74) is 1.30. The van der Waals surface area contributed by atoms with Gasteiger partial charge >= 0.3 is 5.69 Å². The van der Waals surface area contributed by atoms with Crippen LogP contribution in [0.1, 0.15) is 44.3 Å². The Balaban J connectivity index is 1.54. The quantitative estimate of drug-likeness (QED) is 0.756. The number of rotatable bonds is 6. The summed E-state index contributed by atoms with van der Waals surface area (Å²) >= 11 is 1.23. The van der Waals surface area contributed by atoms with E-state index in [0.717, 1.165) is 12.8 Å². The molecule has 2 amide bonds. The molecule has 1 aliphatic heterocycles. The topological polar surface area (TPSA) is 126 Å². The molecule has 3 rings (SSSR count). The smallest absolute Gasteiger partial charge is 0.342 e. The SMILES string of the molecule is CCn1c([C@@H]2CCCN(C(=O)CCC(=O)Nc3nncs3)C2)n[nH]c1=O. The summed E-state index contributed by atoms with van der Waals surface area (Å²) in [6.45, 7) is 3.61. The summed E-state index contributed by atoms with van der Waals surface area (Å²) in [7, 11) is 0. The van der Waals surface area contributed by atoms with Crippen molar-refractivity contribution in [3.05, 3.63) is 21.8 Å². The number of hydrogen-bond acceptors (Lipinski definition) is 7.